The van der Waals surface area contributed by atoms with Crippen LogP contribution in [-0.4, -0.2) is 49.0 Å². The summed E-state index contributed by atoms with van der Waals surface area (Å²) < 4.78 is 5.24. The second kappa shape index (κ2) is 7.12. The molecule has 1 saturated heterocycles. The second-order valence-electron chi connectivity index (χ2n) is 7.36. The Kier molecular flexibility index (Phi) is 4.68. The number of amides is 1. The summed E-state index contributed by atoms with van der Waals surface area (Å²) in [5, 5.41) is 0. The number of nitrogens with zero attached hydrogens (tertiary/aromatic N) is 2. The molecular formula is C22H26N2O2. The molecule has 0 N–H and O–H groups in total. The number of hydrogen-bond acceptors (Lipinski definition) is 3. The highest BCUT2D eigenvalue weighted by Gasteiger charge is 2.53. The van der Waals surface area contributed by atoms with Gasteiger partial charge in [0.05, 0.1) is 12.5 Å². The molecule has 0 atom stereocenters. The highest BCUT2D eigenvalue weighted by molar-refractivity contribution is 5.91. The van der Waals surface area contributed by atoms with Gasteiger partial charge in [0.15, 0.2) is 0 Å². The molecule has 2 aromatic carbocycles. The largest absolute Gasteiger partial charge is 0.497 e. The van der Waals surface area contributed by atoms with Crippen LogP contribution in [0.1, 0.15) is 24.0 Å². The van der Waals surface area contributed by atoms with Crippen molar-refractivity contribution in [3.63, 3.8) is 0 Å². The van der Waals surface area contributed by atoms with E-state index >= 15 is 0 Å². The Morgan fingerprint density at radius 3 is 2.19 bits per heavy atom. The molecule has 136 valence electrons. The van der Waals surface area contributed by atoms with Crippen molar-refractivity contribution in [1.82, 2.24) is 9.80 Å². The van der Waals surface area contributed by atoms with Gasteiger partial charge in [0, 0.05) is 32.7 Å². The standard InChI is InChI=1S/C22H26N2O2/c1-26-20-9-7-19(8-10-20)22(11-12-22)21(25)24-15-13-23(14-16-24)17-18-5-3-2-4-6-18/h2-10H,11-17H2,1H3. The first kappa shape index (κ1) is 17.1. The van der Waals surface area contributed by atoms with Crippen LogP contribution in [0.2, 0.25) is 0 Å². The Bertz CT molecular complexity index is 745. The van der Waals surface area contributed by atoms with Gasteiger partial charge in [0.1, 0.15) is 5.75 Å². The number of carbonyl (C=O) groups is 1. The summed E-state index contributed by atoms with van der Waals surface area (Å²) in [7, 11) is 1.67. The molecule has 2 aromatic rings. The van der Waals surface area contributed by atoms with Crippen molar-refractivity contribution in [2.24, 2.45) is 0 Å². The lowest BCUT2D eigenvalue weighted by Crippen LogP contribution is -2.51. The third-order valence-corrected chi connectivity index (χ3v) is 5.71. The summed E-state index contributed by atoms with van der Waals surface area (Å²) in [5.74, 6) is 1.15. The van der Waals surface area contributed by atoms with Gasteiger partial charge in [0.25, 0.3) is 0 Å². The maximum absolute atomic E-state index is 13.2. The van der Waals surface area contributed by atoms with E-state index < -0.39 is 0 Å². The van der Waals surface area contributed by atoms with Crippen molar-refractivity contribution in [2.75, 3.05) is 33.3 Å². The first-order valence-corrected chi connectivity index (χ1v) is 9.41. The topological polar surface area (TPSA) is 32.8 Å². The van der Waals surface area contributed by atoms with Crippen molar-refractivity contribution < 1.29 is 9.53 Å². The molecule has 2 fully saturated rings. The van der Waals surface area contributed by atoms with E-state index in [1.165, 1.54) is 5.56 Å². The molecule has 1 saturated carbocycles. The fraction of sp³-hybridized carbons (Fsp3) is 0.409. The van der Waals surface area contributed by atoms with Crippen molar-refractivity contribution in [2.45, 2.75) is 24.8 Å². The lowest BCUT2D eigenvalue weighted by molar-refractivity contribution is -0.135. The monoisotopic (exact) mass is 350 g/mol. The summed E-state index contributed by atoms with van der Waals surface area (Å²) in [6.45, 7) is 4.50. The zero-order valence-electron chi connectivity index (χ0n) is 15.4. The molecule has 1 heterocycles. The lowest BCUT2D eigenvalue weighted by atomic mass is 9.94. The minimum atomic E-state index is -0.284. The van der Waals surface area contributed by atoms with E-state index in [1.54, 1.807) is 7.11 Å². The molecule has 1 aliphatic carbocycles. The molecule has 0 radical (unpaired) electrons. The maximum Gasteiger partial charge on any atom is 0.233 e. The van der Waals surface area contributed by atoms with Gasteiger partial charge in [0.2, 0.25) is 5.91 Å². The third kappa shape index (κ3) is 3.34. The number of hydrogen-bond donors (Lipinski definition) is 0. The van der Waals surface area contributed by atoms with E-state index in [0.29, 0.717) is 5.91 Å². The molecule has 4 heteroatoms. The molecule has 1 aliphatic heterocycles. The lowest BCUT2D eigenvalue weighted by Gasteiger charge is -2.36. The van der Waals surface area contributed by atoms with Gasteiger partial charge in [-0.25, -0.2) is 0 Å². The van der Waals surface area contributed by atoms with Crippen LogP contribution in [0.15, 0.2) is 54.6 Å². The maximum atomic E-state index is 13.2. The number of methoxy groups -OCH3 is 1. The molecule has 0 spiro atoms. The van der Waals surface area contributed by atoms with E-state index in [9.17, 15) is 4.79 Å². The van der Waals surface area contributed by atoms with Crippen LogP contribution in [0.25, 0.3) is 0 Å². The average molecular weight is 350 g/mol. The van der Waals surface area contributed by atoms with Crippen molar-refractivity contribution in [3.8, 4) is 5.75 Å². The van der Waals surface area contributed by atoms with Crippen LogP contribution in [0, 0.1) is 0 Å². The molecule has 0 unspecified atom stereocenters. The number of benzene rings is 2. The first-order chi connectivity index (χ1) is 12.7. The van der Waals surface area contributed by atoms with Crippen LogP contribution < -0.4 is 4.74 Å². The van der Waals surface area contributed by atoms with Crippen LogP contribution in [-0.2, 0) is 16.8 Å². The van der Waals surface area contributed by atoms with Crippen molar-refractivity contribution in [3.05, 3.63) is 65.7 Å². The van der Waals surface area contributed by atoms with Gasteiger partial charge in [-0.3, -0.25) is 9.69 Å². The zero-order valence-corrected chi connectivity index (χ0v) is 15.4. The van der Waals surface area contributed by atoms with E-state index in [-0.39, 0.29) is 5.41 Å². The summed E-state index contributed by atoms with van der Waals surface area (Å²) in [5.41, 5.74) is 2.19. The Morgan fingerprint density at radius 1 is 0.962 bits per heavy atom. The quantitative estimate of drug-likeness (QED) is 0.831. The van der Waals surface area contributed by atoms with Crippen LogP contribution in [0.5, 0.6) is 5.75 Å². The van der Waals surface area contributed by atoms with Crippen LogP contribution in [0.3, 0.4) is 0 Å². The van der Waals surface area contributed by atoms with Gasteiger partial charge >= 0.3 is 0 Å². The molecule has 4 nitrogen and oxygen atoms in total. The van der Waals surface area contributed by atoms with E-state index in [4.69, 9.17) is 4.74 Å². The fourth-order valence-electron chi connectivity index (χ4n) is 3.91. The Balaban J connectivity index is 1.37. The van der Waals surface area contributed by atoms with Crippen LogP contribution >= 0.6 is 0 Å². The van der Waals surface area contributed by atoms with E-state index in [2.05, 4.69) is 46.2 Å². The summed E-state index contributed by atoms with van der Waals surface area (Å²) >= 11 is 0. The Morgan fingerprint density at radius 2 is 1.62 bits per heavy atom. The average Bonchev–Trinajstić information content (AvgIpc) is 3.51. The van der Waals surface area contributed by atoms with Crippen molar-refractivity contribution >= 4 is 5.91 Å². The minimum Gasteiger partial charge on any atom is -0.497 e. The molecule has 2 aliphatic rings. The highest BCUT2D eigenvalue weighted by atomic mass is 16.5. The van der Waals surface area contributed by atoms with Gasteiger partial charge in [-0.15, -0.1) is 0 Å². The van der Waals surface area contributed by atoms with Gasteiger partial charge in [-0.2, -0.15) is 0 Å². The first-order valence-electron chi connectivity index (χ1n) is 9.41. The van der Waals surface area contributed by atoms with E-state index in [1.807, 2.05) is 18.2 Å². The molecule has 0 bridgehead atoms. The Hall–Kier alpha value is -2.33. The smallest absolute Gasteiger partial charge is 0.233 e. The minimum absolute atomic E-state index is 0.284. The van der Waals surface area contributed by atoms with Gasteiger partial charge in [-0.05, 0) is 36.1 Å². The predicted octanol–water partition coefficient (Wildman–Crippen LogP) is 3.07. The molecule has 0 aromatic heterocycles. The number of ether oxygens (including phenoxy) is 1. The third-order valence-electron chi connectivity index (χ3n) is 5.71. The fourth-order valence-corrected chi connectivity index (χ4v) is 3.91. The molecule has 4 rings (SSSR count). The highest BCUT2D eigenvalue weighted by Crippen LogP contribution is 2.50. The van der Waals surface area contributed by atoms with Crippen LogP contribution in [0.4, 0.5) is 0 Å². The predicted molar refractivity (Wildman–Crippen MR) is 102 cm³/mol. The Labute approximate surface area is 155 Å². The van der Waals surface area contributed by atoms with Crippen molar-refractivity contribution in [1.29, 1.82) is 0 Å². The normalized spacial score (nSPS) is 19.2. The van der Waals surface area contributed by atoms with Gasteiger partial charge in [-0.1, -0.05) is 42.5 Å². The summed E-state index contributed by atoms with van der Waals surface area (Å²) in [6, 6.07) is 18.6. The zero-order chi connectivity index (χ0) is 18.0. The number of carbonyl (C=O) groups excluding carboxylic acids is 1. The second-order valence-corrected chi connectivity index (χ2v) is 7.36. The van der Waals surface area contributed by atoms with Gasteiger partial charge < -0.3 is 9.64 Å². The summed E-state index contributed by atoms with van der Waals surface area (Å²) in [4.78, 5) is 17.7. The number of rotatable bonds is 5. The van der Waals surface area contributed by atoms with E-state index in [0.717, 1.165) is 56.9 Å². The molecule has 1 amide bonds. The summed E-state index contributed by atoms with van der Waals surface area (Å²) in [6.07, 6.45) is 1.92. The number of piperazine rings is 1. The SMILES string of the molecule is COc1ccc(C2(C(=O)N3CCN(Cc4ccccc4)CC3)CC2)cc1. The molecule has 26 heavy (non-hydrogen) atoms. The molecular weight excluding hydrogens is 324 g/mol.